The summed E-state index contributed by atoms with van der Waals surface area (Å²) in [7, 11) is 1.59. The molecule has 1 aliphatic heterocycles. The van der Waals surface area contributed by atoms with Crippen molar-refractivity contribution >= 4 is 34.9 Å². The van der Waals surface area contributed by atoms with Crippen LogP contribution >= 0.6 is 22.9 Å². The number of ether oxygens (including phenoxy) is 2. The molecule has 0 radical (unpaired) electrons. The number of benzene rings is 3. The van der Waals surface area contributed by atoms with Gasteiger partial charge in [0.15, 0.2) is 4.80 Å². The minimum absolute atomic E-state index is 0.147. The molecule has 5 rings (SSSR count). The van der Waals surface area contributed by atoms with Crippen LogP contribution in [0, 0.1) is 0 Å². The van der Waals surface area contributed by atoms with E-state index in [1.54, 1.807) is 16.6 Å². The molecular formula is C33H32ClN3O4S. The van der Waals surface area contributed by atoms with Crippen LogP contribution in [-0.4, -0.2) is 35.6 Å². The minimum atomic E-state index is -0.693. The number of amides is 1. The summed E-state index contributed by atoms with van der Waals surface area (Å²) in [5.74, 6) is 1.08. The Balaban J connectivity index is 1.64. The van der Waals surface area contributed by atoms with Crippen molar-refractivity contribution in [2.75, 3.05) is 20.2 Å². The third kappa shape index (κ3) is 5.78. The molecule has 2 heterocycles. The number of methoxy groups -OCH3 is 1. The van der Waals surface area contributed by atoms with Crippen LogP contribution in [0.3, 0.4) is 0 Å². The molecule has 0 spiro atoms. The van der Waals surface area contributed by atoms with Gasteiger partial charge >= 0.3 is 0 Å². The molecule has 3 aromatic carbocycles. The third-order valence-electron chi connectivity index (χ3n) is 7.23. The van der Waals surface area contributed by atoms with Gasteiger partial charge in [-0.15, -0.1) is 0 Å². The number of nitrogens with zero attached hydrogens (tertiary/aromatic N) is 3. The van der Waals surface area contributed by atoms with E-state index >= 15 is 0 Å². The highest BCUT2D eigenvalue weighted by Crippen LogP contribution is 2.36. The Bertz CT molecular complexity index is 1840. The summed E-state index contributed by atoms with van der Waals surface area (Å²) in [6.07, 6.45) is 1.82. The zero-order valence-corrected chi connectivity index (χ0v) is 25.5. The maximum absolute atomic E-state index is 14.2. The summed E-state index contributed by atoms with van der Waals surface area (Å²) in [4.78, 5) is 35.0. The molecule has 1 aromatic heterocycles. The van der Waals surface area contributed by atoms with Gasteiger partial charge in [-0.25, -0.2) is 4.99 Å². The van der Waals surface area contributed by atoms with Gasteiger partial charge in [-0.05, 0) is 56.7 Å². The van der Waals surface area contributed by atoms with E-state index in [2.05, 4.69) is 0 Å². The average Bonchev–Trinajstić information content (AvgIpc) is 3.30. The first-order valence-electron chi connectivity index (χ1n) is 13.8. The fourth-order valence-electron chi connectivity index (χ4n) is 5.12. The van der Waals surface area contributed by atoms with Crippen LogP contribution in [0.1, 0.15) is 43.5 Å². The SMILES string of the molecule is CCN(CC)C(=O)C1=C(C)N=c2s/c(=C/c3ccccc3OCc3cccc(Cl)c3)c(=O)n2[C@H]1c1ccccc1OC. The van der Waals surface area contributed by atoms with E-state index in [9.17, 15) is 9.59 Å². The summed E-state index contributed by atoms with van der Waals surface area (Å²) in [6, 6.07) is 21.9. The molecular weight excluding hydrogens is 570 g/mol. The molecule has 1 aliphatic rings. The smallest absolute Gasteiger partial charge is 0.271 e. The normalized spacial score (nSPS) is 14.8. The molecule has 1 atom stereocenters. The van der Waals surface area contributed by atoms with Crippen molar-refractivity contribution < 1.29 is 14.3 Å². The van der Waals surface area contributed by atoms with Crippen molar-refractivity contribution in [3.8, 4) is 11.5 Å². The first-order chi connectivity index (χ1) is 20.4. The monoisotopic (exact) mass is 601 g/mol. The molecule has 0 N–H and O–H groups in total. The van der Waals surface area contributed by atoms with E-state index in [1.165, 1.54) is 11.3 Å². The lowest BCUT2D eigenvalue weighted by Crippen LogP contribution is -2.43. The molecule has 0 saturated heterocycles. The molecule has 9 heteroatoms. The van der Waals surface area contributed by atoms with Crippen molar-refractivity contribution in [3.05, 3.63) is 125 Å². The lowest BCUT2D eigenvalue weighted by molar-refractivity contribution is -0.127. The Morgan fingerprint density at radius 3 is 2.48 bits per heavy atom. The molecule has 0 saturated carbocycles. The van der Waals surface area contributed by atoms with Crippen LogP contribution < -0.4 is 24.4 Å². The number of halogens is 1. The first kappa shape index (κ1) is 29.4. The number of hydrogen-bond donors (Lipinski definition) is 0. The number of allylic oxidation sites excluding steroid dienone is 1. The molecule has 7 nitrogen and oxygen atoms in total. The van der Waals surface area contributed by atoms with Crippen LogP contribution in [0.5, 0.6) is 11.5 Å². The average molecular weight is 602 g/mol. The number of fused-ring (bicyclic) bond motifs is 1. The van der Waals surface area contributed by atoms with Gasteiger partial charge in [0, 0.05) is 29.2 Å². The highest BCUT2D eigenvalue weighted by molar-refractivity contribution is 7.07. The lowest BCUT2D eigenvalue weighted by Gasteiger charge is -2.29. The van der Waals surface area contributed by atoms with Gasteiger partial charge in [0.25, 0.3) is 11.5 Å². The second-order valence-corrected chi connectivity index (χ2v) is 11.2. The van der Waals surface area contributed by atoms with Gasteiger partial charge in [0.2, 0.25) is 0 Å². The van der Waals surface area contributed by atoms with Gasteiger partial charge < -0.3 is 14.4 Å². The molecule has 216 valence electrons. The molecule has 4 aromatic rings. The molecule has 0 aliphatic carbocycles. The van der Waals surface area contributed by atoms with Crippen LogP contribution in [-0.2, 0) is 11.4 Å². The van der Waals surface area contributed by atoms with Crippen molar-refractivity contribution in [1.29, 1.82) is 0 Å². The number of rotatable bonds is 9. The molecule has 1 amide bonds. The van der Waals surface area contributed by atoms with Crippen LogP contribution in [0.4, 0.5) is 0 Å². The van der Waals surface area contributed by atoms with E-state index in [-0.39, 0.29) is 11.5 Å². The largest absolute Gasteiger partial charge is 0.496 e. The number of likely N-dealkylation sites (N-methyl/N-ethyl adjacent to an activating group) is 1. The second kappa shape index (κ2) is 12.8. The fraction of sp³-hybridized carbons (Fsp3) is 0.242. The number of aromatic nitrogens is 1. The highest BCUT2D eigenvalue weighted by Gasteiger charge is 2.35. The molecule has 0 unspecified atom stereocenters. The molecule has 0 fully saturated rings. The number of hydrogen-bond acceptors (Lipinski definition) is 6. The lowest BCUT2D eigenvalue weighted by atomic mass is 9.94. The fourth-order valence-corrected chi connectivity index (χ4v) is 6.37. The van der Waals surface area contributed by atoms with Crippen LogP contribution in [0.2, 0.25) is 5.02 Å². The zero-order valence-electron chi connectivity index (χ0n) is 24.0. The van der Waals surface area contributed by atoms with Crippen molar-refractivity contribution in [2.24, 2.45) is 4.99 Å². The Labute approximate surface area is 253 Å². The predicted molar refractivity (Wildman–Crippen MR) is 167 cm³/mol. The topological polar surface area (TPSA) is 73.1 Å². The summed E-state index contributed by atoms with van der Waals surface area (Å²) in [5, 5.41) is 0.643. The van der Waals surface area contributed by atoms with E-state index in [0.717, 1.165) is 16.7 Å². The Kier molecular flexibility index (Phi) is 8.94. The van der Waals surface area contributed by atoms with Crippen LogP contribution in [0.15, 0.2) is 93.9 Å². The number of thiazole rings is 1. The highest BCUT2D eigenvalue weighted by atomic mass is 35.5. The molecule has 0 bridgehead atoms. The number of carbonyl (C=O) groups excluding carboxylic acids is 1. The Hall–Kier alpha value is -4.14. The quantitative estimate of drug-likeness (QED) is 0.259. The minimum Gasteiger partial charge on any atom is -0.496 e. The first-order valence-corrected chi connectivity index (χ1v) is 15.0. The maximum Gasteiger partial charge on any atom is 0.271 e. The summed E-state index contributed by atoms with van der Waals surface area (Å²) in [6.45, 7) is 7.13. The maximum atomic E-state index is 14.2. The van der Waals surface area contributed by atoms with Crippen molar-refractivity contribution in [3.63, 3.8) is 0 Å². The third-order valence-corrected chi connectivity index (χ3v) is 8.44. The van der Waals surface area contributed by atoms with E-state index in [1.807, 2.05) is 99.6 Å². The van der Waals surface area contributed by atoms with Gasteiger partial charge in [0.1, 0.15) is 24.1 Å². The van der Waals surface area contributed by atoms with E-state index < -0.39 is 6.04 Å². The summed E-state index contributed by atoms with van der Waals surface area (Å²) in [5.41, 5.74) is 3.23. The van der Waals surface area contributed by atoms with Gasteiger partial charge in [-0.2, -0.15) is 0 Å². The van der Waals surface area contributed by atoms with Gasteiger partial charge in [0.05, 0.1) is 22.9 Å². The van der Waals surface area contributed by atoms with Crippen molar-refractivity contribution in [1.82, 2.24) is 9.47 Å². The standard InChI is InChI=1S/C33H32ClN3O4S/c1-5-36(6-2)32(39)29-21(3)35-33-37(30(29)25-15-8-10-17-27(25)40-4)31(38)28(42-33)19-23-13-7-9-16-26(23)41-20-22-12-11-14-24(34)18-22/h7-19,30H,5-6,20H2,1-4H3/b28-19+/t30-/m0/s1. The zero-order chi connectivity index (χ0) is 29.8. The van der Waals surface area contributed by atoms with Crippen molar-refractivity contribution in [2.45, 2.75) is 33.4 Å². The van der Waals surface area contributed by atoms with E-state index in [0.29, 0.717) is 56.8 Å². The number of carbonyl (C=O) groups is 1. The Morgan fingerprint density at radius 2 is 1.76 bits per heavy atom. The van der Waals surface area contributed by atoms with Gasteiger partial charge in [-0.1, -0.05) is 71.5 Å². The second-order valence-electron chi connectivity index (χ2n) is 9.76. The number of para-hydroxylation sites is 2. The van der Waals surface area contributed by atoms with E-state index in [4.69, 9.17) is 26.1 Å². The summed E-state index contributed by atoms with van der Waals surface area (Å²) < 4.78 is 13.9. The van der Waals surface area contributed by atoms with Crippen LogP contribution in [0.25, 0.3) is 6.08 Å². The molecule has 42 heavy (non-hydrogen) atoms. The predicted octanol–water partition coefficient (Wildman–Crippen LogP) is 5.34. The Morgan fingerprint density at radius 1 is 1.05 bits per heavy atom. The van der Waals surface area contributed by atoms with Gasteiger partial charge in [-0.3, -0.25) is 14.2 Å². The summed E-state index contributed by atoms with van der Waals surface area (Å²) >= 11 is 7.43.